The molecule has 1 fully saturated rings. The van der Waals surface area contributed by atoms with Crippen LogP contribution in [0.25, 0.3) is 54.6 Å². The topological polar surface area (TPSA) is 47.9 Å². The smallest absolute Gasteiger partial charge is 0.423 e. The molecule has 0 saturated carbocycles. The van der Waals surface area contributed by atoms with E-state index in [2.05, 4.69) is 132 Å². The van der Waals surface area contributed by atoms with Crippen molar-refractivity contribution in [3.05, 3.63) is 97.1 Å². The Hall–Kier alpha value is -3.67. The molecule has 1 aliphatic heterocycles. The van der Waals surface area contributed by atoms with E-state index in [0.29, 0.717) is 0 Å². The molecule has 0 aliphatic carbocycles. The summed E-state index contributed by atoms with van der Waals surface area (Å²) in [4.78, 5) is 0. The molecule has 4 nitrogen and oxygen atoms in total. The van der Waals surface area contributed by atoms with Gasteiger partial charge in [0.05, 0.1) is 22.4 Å². The fourth-order valence-corrected chi connectivity index (χ4v) is 6.91. The lowest BCUT2D eigenvalue weighted by atomic mass is 9.59. The summed E-state index contributed by atoms with van der Waals surface area (Å²) in [5.74, 6) is 0. The maximum atomic E-state index is 11.0. The van der Waals surface area contributed by atoms with Crippen molar-refractivity contribution in [3.8, 4) is 22.3 Å². The molecule has 1 N–H and O–H groups in total. The zero-order chi connectivity index (χ0) is 33.5. The highest BCUT2D eigenvalue weighted by atomic mass is 16.7. The predicted octanol–water partition coefficient (Wildman–Crippen LogP) is 8.61. The summed E-state index contributed by atoms with van der Waals surface area (Å²) < 4.78 is 20.1. The number of aliphatic hydroxyl groups is 1. The molecule has 1 aliphatic rings. The third-order valence-corrected chi connectivity index (χ3v) is 11.0. The minimum Gasteiger partial charge on any atom is -0.423 e. The summed E-state index contributed by atoms with van der Waals surface area (Å²) in [6.45, 7) is 17.8. The molecule has 6 aromatic rings. The van der Waals surface area contributed by atoms with Crippen molar-refractivity contribution >= 4 is 57.3 Å². The maximum Gasteiger partial charge on any atom is 0.495 e. The Labute approximate surface area is 279 Å². The highest BCUT2D eigenvalue weighted by Crippen LogP contribution is 2.43. The van der Waals surface area contributed by atoms with Crippen LogP contribution < -0.4 is 10.9 Å². The van der Waals surface area contributed by atoms with Crippen molar-refractivity contribution in [1.82, 2.24) is 0 Å². The summed E-state index contributed by atoms with van der Waals surface area (Å²) in [7, 11) is -0.519. The average Bonchev–Trinajstić information content (AvgIpc) is 3.25. The van der Waals surface area contributed by atoms with Crippen LogP contribution in [0.4, 0.5) is 0 Å². The molecular formula is C41H44B2O4. The van der Waals surface area contributed by atoms with Gasteiger partial charge in [-0.15, -0.1) is 0 Å². The van der Waals surface area contributed by atoms with Crippen LogP contribution in [-0.4, -0.2) is 41.5 Å². The van der Waals surface area contributed by atoms with Crippen LogP contribution in [0.2, 0.25) is 6.82 Å². The Balaban J connectivity index is 1.58. The minimum absolute atomic E-state index is 0.292. The SMILES string of the molecule is CB(OC(C)(C)C(C)(C)O)c1cc(-c2ccccc2)c2ccc3c(B4OC(C)(C)C(C)(C)O4)cc(-c4ccccc4)c4ccc1c2c34. The minimum atomic E-state index is -1.03. The first-order chi connectivity index (χ1) is 22.1. The Morgan fingerprint density at radius 1 is 0.638 bits per heavy atom. The van der Waals surface area contributed by atoms with E-state index >= 15 is 0 Å². The van der Waals surface area contributed by atoms with Crippen LogP contribution in [0.15, 0.2) is 97.1 Å². The van der Waals surface area contributed by atoms with Gasteiger partial charge in [0.1, 0.15) is 0 Å². The van der Waals surface area contributed by atoms with Gasteiger partial charge in [0.2, 0.25) is 0 Å². The van der Waals surface area contributed by atoms with Crippen LogP contribution in [0.1, 0.15) is 55.4 Å². The van der Waals surface area contributed by atoms with Crippen LogP contribution >= 0.6 is 0 Å². The molecule has 0 amide bonds. The molecule has 0 atom stereocenters. The van der Waals surface area contributed by atoms with E-state index in [9.17, 15) is 5.11 Å². The highest BCUT2D eigenvalue weighted by molar-refractivity contribution is 6.70. The Bertz CT molecular complexity index is 2080. The zero-order valence-corrected chi connectivity index (χ0v) is 29.1. The van der Waals surface area contributed by atoms with E-state index < -0.39 is 29.5 Å². The lowest BCUT2D eigenvalue weighted by Crippen LogP contribution is -2.52. The van der Waals surface area contributed by atoms with Gasteiger partial charge in [-0.25, -0.2) is 0 Å². The van der Waals surface area contributed by atoms with Gasteiger partial charge in [0.15, 0.2) is 0 Å². The quantitative estimate of drug-likeness (QED) is 0.143. The molecule has 7 rings (SSSR count). The predicted molar refractivity (Wildman–Crippen MR) is 199 cm³/mol. The van der Waals surface area contributed by atoms with Crippen molar-refractivity contribution < 1.29 is 19.1 Å². The van der Waals surface area contributed by atoms with Gasteiger partial charge in [0.25, 0.3) is 0 Å². The average molecular weight is 622 g/mol. The first kappa shape index (κ1) is 31.9. The lowest BCUT2D eigenvalue weighted by Gasteiger charge is -2.39. The summed E-state index contributed by atoms with van der Waals surface area (Å²) in [6.07, 6.45) is 0. The van der Waals surface area contributed by atoms with Gasteiger partial charge in [-0.05, 0) is 121 Å². The van der Waals surface area contributed by atoms with Gasteiger partial charge in [-0.1, -0.05) is 104 Å². The molecule has 0 spiro atoms. The van der Waals surface area contributed by atoms with Crippen molar-refractivity contribution in [2.45, 2.75) is 84.6 Å². The number of hydrogen-bond acceptors (Lipinski definition) is 4. The molecule has 0 unspecified atom stereocenters. The molecule has 47 heavy (non-hydrogen) atoms. The number of benzene rings is 6. The van der Waals surface area contributed by atoms with Crippen LogP contribution in [-0.2, 0) is 14.0 Å². The first-order valence-corrected chi connectivity index (χ1v) is 16.7. The summed E-state index contributed by atoms with van der Waals surface area (Å²) in [5.41, 5.74) is 3.96. The van der Waals surface area contributed by atoms with E-state index in [4.69, 9.17) is 14.0 Å². The number of rotatable bonds is 7. The summed E-state index contributed by atoms with van der Waals surface area (Å²) >= 11 is 0. The molecule has 238 valence electrons. The van der Waals surface area contributed by atoms with Crippen LogP contribution in [0.5, 0.6) is 0 Å². The molecule has 1 saturated heterocycles. The molecule has 1 heterocycles. The first-order valence-electron chi connectivity index (χ1n) is 16.7. The molecule has 0 aromatic heterocycles. The monoisotopic (exact) mass is 622 g/mol. The summed E-state index contributed by atoms with van der Waals surface area (Å²) in [6, 6.07) is 34.8. The largest absolute Gasteiger partial charge is 0.495 e. The Kier molecular flexibility index (Phi) is 7.42. The van der Waals surface area contributed by atoms with Gasteiger partial charge in [0, 0.05) is 0 Å². The number of hydrogen-bond donors (Lipinski definition) is 1. The fraction of sp³-hybridized carbons (Fsp3) is 0.317. The van der Waals surface area contributed by atoms with E-state index in [-0.39, 0.29) is 6.92 Å². The van der Waals surface area contributed by atoms with Gasteiger partial charge in [-0.3, -0.25) is 0 Å². The molecule has 0 bridgehead atoms. The van der Waals surface area contributed by atoms with E-state index in [1.807, 2.05) is 27.7 Å². The molecule has 6 aromatic carbocycles. The Morgan fingerprint density at radius 3 is 1.60 bits per heavy atom. The highest BCUT2D eigenvalue weighted by Gasteiger charge is 2.52. The van der Waals surface area contributed by atoms with E-state index in [1.165, 1.54) is 21.5 Å². The maximum absolute atomic E-state index is 11.0. The second-order valence-corrected chi connectivity index (χ2v) is 15.2. The second kappa shape index (κ2) is 10.9. The van der Waals surface area contributed by atoms with Crippen molar-refractivity contribution in [1.29, 1.82) is 0 Å². The third kappa shape index (κ3) is 5.18. The molecular weight excluding hydrogens is 578 g/mol. The van der Waals surface area contributed by atoms with Crippen molar-refractivity contribution in [3.63, 3.8) is 0 Å². The van der Waals surface area contributed by atoms with E-state index in [0.717, 1.165) is 44.0 Å². The fourth-order valence-electron chi connectivity index (χ4n) is 6.91. The van der Waals surface area contributed by atoms with Crippen LogP contribution in [0, 0.1) is 0 Å². The molecule has 0 radical (unpaired) electrons. The van der Waals surface area contributed by atoms with Gasteiger partial charge in [-0.2, -0.15) is 0 Å². The van der Waals surface area contributed by atoms with Crippen LogP contribution in [0.3, 0.4) is 0 Å². The molecule has 6 heteroatoms. The lowest BCUT2D eigenvalue weighted by molar-refractivity contribution is -0.0917. The third-order valence-electron chi connectivity index (χ3n) is 11.0. The zero-order valence-electron chi connectivity index (χ0n) is 29.1. The van der Waals surface area contributed by atoms with Gasteiger partial charge >= 0.3 is 14.0 Å². The van der Waals surface area contributed by atoms with Crippen molar-refractivity contribution in [2.24, 2.45) is 0 Å². The summed E-state index contributed by atoms with van der Waals surface area (Å²) in [5, 5.41) is 18.0. The van der Waals surface area contributed by atoms with E-state index in [1.54, 1.807) is 0 Å². The standard InChI is InChI=1S/C41H44B2O4/c1-38(2,44)39(3,4)45-42(9)34-24-32(26-16-12-10-13-17-26)28-21-23-31-35(43-46-40(5,6)41(7,8)47-43)25-33(27-18-14-11-15-19-27)29-20-22-30(34)36(28)37(29)31/h10-25,44H,1-9H3. The van der Waals surface area contributed by atoms with Crippen molar-refractivity contribution in [2.75, 3.05) is 0 Å². The second-order valence-electron chi connectivity index (χ2n) is 15.2. The van der Waals surface area contributed by atoms with Gasteiger partial charge < -0.3 is 19.1 Å². The Morgan fingerprint density at radius 2 is 1.09 bits per heavy atom. The normalized spacial score (nSPS) is 16.5.